The van der Waals surface area contributed by atoms with Crippen LogP contribution in [0.25, 0.3) is 22.2 Å². The van der Waals surface area contributed by atoms with Gasteiger partial charge in [0.25, 0.3) is 0 Å². The third-order valence-electron chi connectivity index (χ3n) is 4.45. The van der Waals surface area contributed by atoms with Crippen LogP contribution in [0.2, 0.25) is 0 Å². The van der Waals surface area contributed by atoms with Crippen molar-refractivity contribution in [3.63, 3.8) is 0 Å². The Labute approximate surface area is 155 Å². The SMILES string of the molecule is Cc1nc2ccc(-c3cccnc3)cc2n1Cc1ccccc1OC(F)F. The molecular formula is C21H17F2N3O. The van der Waals surface area contributed by atoms with Crippen molar-refractivity contribution >= 4 is 11.0 Å². The van der Waals surface area contributed by atoms with E-state index < -0.39 is 6.61 Å². The Bertz CT molecular complexity index is 1080. The number of ether oxygens (including phenoxy) is 1. The molecule has 2 heterocycles. The van der Waals surface area contributed by atoms with E-state index in [0.717, 1.165) is 28.0 Å². The molecule has 0 bridgehead atoms. The Morgan fingerprint density at radius 2 is 1.89 bits per heavy atom. The number of hydrogen-bond donors (Lipinski definition) is 0. The van der Waals surface area contributed by atoms with Gasteiger partial charge >= 0.3 is 6.61 Å². The number of alkyl halides is 2. The highest BCUT2D eigenvalue weighted by Gasteiger charge is 2.14. The normalized spacial score (nSPS) is 11.3. The van der Waals surface area contributed by atoms with Gasteiger partial charge in [-0.15, -0.1) is 0 Å². The van der Waals surface area contributed by atoms with Gasteiger partial charge in [-0.05, 0) is 36.8 Å². The van der Waals surface area contributed by atoms with Crippen LogP contribution in [0.15, 0.2) is 67.0 Å². The van der Waals surface area contributed by atoms with E-state index >= 15 is 0 Å². The first-order valence-electron chi connectivity index (χ1n) is 8.52. The molecular weight excluding hydrogens is 348 g/mol. The number of aromatic nitrogens is 3. The van der Waals surface area contributed by atoms with Crippen LogP contribution < -0.4 is 4.74 Å². The summed E-state index contributed by atoms with van der Waals surface area (Å²) in [6.07, 6.45) is 3.54. The number of hydrogen-bond acceptors (Lipinski definition) is 3. The van der Waals surface area contributed by atoms with Crippen LogP contribution in [-0.2, 0) is 6.54 Å². The summed E-state index contributed by atoms with van der Waals surface area (Å²) in [5, 5.41) is 0. The standard InChI is InChI=1S/C21H17F2N3O/c1-14-25-18-9-8-15(16-6-4-10-24-12-16)11-19(18)26(14)13-17-5-2-3-7-20(17)27-21(22)23/h2-12,21H,13H2,1H3. The second-order valence-corrected chi connectivity index (χ2v) is 6.18. The lowest BCUT2D eigenvalue weighted by atomic mass is 10.1. The fraction of sp³-hybridized carbons (Fsp3) is 0.143. The van der Waals surface area contributed by atoms with Gasteiger partial charge in [-0.1, -0.05) is 30.3 Å². The number of aryl methyl sites for hydroxylation is 1. The van der Waals surface area contributed by atoms with Crippen molar-refractivity contribution in [1.82, 2.24) is 14.5 Å². The van der Waals surface area contributed by atoms with Gasteiger partial charge in [-0.2, -0.15) is 8.78 Å². The molecule has 0 atom stereocenters. The third-order valence-corrected chi connectivity index (χ3v) is 4.45. The molecule has 0 aliphatic rings. The summed E-state index contributed by atoms with van der Waals surface area (Å²) in [6.45, 7) is -0.564. The third kappa shape index (κ3) is 3.51. The molecule has 0 radical (unpaired) electrons. The maximum Gasteiger partial charge on any atom is 0.387 e. The minimum Gasteiger partial charge on any atom is -0.434 e. The number of benzene rings is 2. The van der Waals surface area contributed by atoms with E-state index in [9.17, 15) is 8.78 Å². The van der Waals surface area contributed by atoms with Crippen molar-refractivity contribution in [1.29, 1.82) is 0 Å². The molecule has 0 saturated carbocycles. The van der Waals surface area contributed by atoms with Gasteiger partial charge in [0.1, 0.15) is 11.6 Å². The van der Waals surface area contributed by atoms with Crippen LogP contribution in [-0.4, -0.2) is 21.1 Å². The van der Waals surface area contributed by atoms with Crippen molar-refractivity contribution < 1.29 is 13.5 Å². The molecule has 2 aromatic carbocycles. The monoisotopic (exact) mass is 365 g/mol. The van der Waals surface area contributed by atoms with Crippen molar-refractivity contribution in [3.8, 4) is 16.9 Å². The maximum atomic E-state index is 12.7. The summed E-state index contributed by atoms with van der Waals surface area (Å²) >= 11 is 0. The molecule has 0 spiro atoms. The minimum atomic E-state index is -2.86. The van der Waals surface area contributed by atoms with Gasteiger partial charge in [0, 0.05) is 23.5 Å². The molecule has 4 rings (SSSR count). The fourth-order valence-electron chi connectivity index (χ4n) is 3.17. The van der Waals surface area contributed by atoms with Crippen molar-refractivity contribution in [2.75, 3.05) is 0 Å². The lowest BCUT2D eigenvalue weighted by Gasteiger charge is -2.13. The largest absolute Gasteiger partial charge is 0.434 e. The molecule has 0 aliphatic carbocycles. The van der Waals surface area contributed by atoms with E-state index in [1.807, 2.05) is 47.9 Å². The number of rotatable bonds is 5. The predicted octanol–water partition coefficient (Wildman–Crippen LogP) is 5.06. The molecule has 6 heteroatoms. The summed E-state index contributed by atoms with van der Waals surface area (Å²) in [7, 11) is 0. The fourth-order valence-corrected chi connectivity index (χ4v) is 3.17. The average Bonchev–Trinajstić information content (AvgIpc) is 2.98. The number of fused-ring (bicyclic) bond motifs is 1. The number of pyridine rings is 1. The van der Waals surface area contributed by atoms with Crippen LogP contribution in [0, 0.1) is 6.92 Å². The zero-order valence-corrected chi connectivity index (χ0v) is 14.6. The lowest BCUT2D eigenvalue weighted by molar-refractivity contribution is -0.0504. The lowest BCUT2D eigenvalue weighted by Crippen LogP contribution is -2.08. The van der Waals surface area contributed by atoms with Crippen LogP contribution in [0.3, 0.4) is 0 Å². The second kappa shape index (κ2) is 7.15. The second-order valence-electron chi connectivity index (χ2n) is 6.18. The van der Waals surface area contributed by atoms with Gasteiger partial charge in [0.2, 0.25) is 0 Å². The molecule has 0 unspecified atom stereocenters. The Morgan fingerprint density at radius 1 is 1.04 bits per heavy atom. The summed E-state index contributed by atoms with van der Waals surface area (Å²) in [4.78, 5) is 8.76. The van der Waals surface area contributed by atoms with Gasteiger partial charge in [0.05, 0.1) is 17.6 Å². The highest BCUT2D eigenvalue weighted by atomic mass is 19.3. The Balaban J connectivity index is 1.77. The number of nitrogens with zero attached hydrogens (tertiary/aromatic N) is 3. The summed E-state index contributed by atoms with van der Waals surface area (Å²) in [5.74, 6) is 0.984. The summed E-state index contributed by atoms with van der Waals surface area (Å²) < 4.78 is 32.1. The van der Waals surface area contributed by atoms with E-state index in [1.54, 1.807) is 30.6 Å². The molecule has 27 heavy (non-hydrogen) atoms. The van der Waals surface area contributed by atoms with Gasteiger partial charge in [-0.25, -0.2) is 4.98 Å². The van der Waals surface area contributed by atoms with Crippen LogP contribution in [0.4, 0.5) is 8.78 Å². The van der Waals surface area contributed by atoms with Crippen LogP contribution in [0.1, 0.15) is 11.4 Å². The molecule has 0 aliphatic heterocycles. The van der Waals surface area contributed by atoms with Crippen molar-refractivity contribution in [2.24, 2.45) is 0 Å². The molecule has 4 aromatic rings. The van der Waals surface area contributed by atoms with E-state index in [2.05, 4.69) is 14.7 Å². The van der Waals surface area contributed by atoms with Crippen LogP contribution in [0.5, 0.6) is 5.75 Å². The zero-order chi connectivity index (χ0) is 18.8. The quantitative estimate of drug-likeness (QED) is 0.496. The van der Waals surface area contributed by atoms with Gasteiger partial charge in [0.15, 0.2) is 0 Å². The minimum absolute atomic E-state index is 0.178. The first-order chi connectivity index (χ1) is 13.1. The maximum absolute atomic E-state index is 12.7. The van der Waals surface area contributed by atoms with Crippen molar-refractivity contribution in [2.45, 2.75) is 20.1 Å². The highest BCUT2D eigenvalue weighted by molar-refractivity contribution is 5.82. The predicted molar refractivity (Wildman–Crippen MR) is 99.9 cm³/mol. The molecule has 0 N–H and O–H groups in total. The first-order valence-corrected chi connectivity index (χ1v) is 8.52. The number of imidazole rings is 1. The average molecular weight is 365 g/mol. The van der Waals surface area contributed by atoms with Gasteiger partial charge < -0.3 is 9.30 Å². The number of halogens is 2. The molecule has 4 nitrogen and oxygen atoms in total. The molecule has 0 amide bonds. The highest BCUT2D eigenvalue weighted by Crippen LogP contribution is 2.27. The summed E-state index contributed by atoms with van der Waals surface area (Å²) in [6, 6.07) is 16.7. The van der Waals surface area contributed by atoms with Crippen LogP contribution >= 0.6 is 0 Å². The Kier molecular flexibility index (Phi) is 4.54. The molecule has 0 saturated heterocycles. The zero-order valence-electron chi connectivity index (χ0n) is 14.6. The van der Waals surface area contributed by atoms with E-state index in [1.165, 1.54) is 0 Å². The number of para-hydroxylation sites is 1. The van der Waals surface area contributed by atoms with E-state index in [-0.39, 0.29) is 5.75 Å². The molecule has 136 valence electrons. The Morgan fingerprint density at radius 3 is 2.67 bits per heavy atom. The van der Waals surface area contributed by atoms with E-state index in [4.69, 9.17) is 0 Å². The topological polar surface area (TPSA) is 39.9 Å². The smallest absolute Gasteiger partial charge is 0.387 e. The van der Waals surface area contributed by atoms with Crippen molar-refractivity contribution in [3.05, 3.63) is 78.4 Å². The first kappa shape index (κ1) is 17.1. The molecule has 2 aromatic heterocycles. The summed E-state index contributed by atoms with van der Waals surface area (Å²) in [5.41, 5.74) is 4.49. The van der Waals surface area contributed by atoms with Gasteiger partial charge in [-0.3, -0.25) is 4.98 Å². The van der Waals surface area contributed by atoms with E-state index in [0.29, 0.717) is 12.1 Å². The molecule has 0 fully saturated rings. The Hall–Kier alpha value is -3.28.